The van der Waals surface area contributed by atoms with E-state index in [1.807, 2.05) is 0 Å². The summed E-state index contributed by atoms with van der Waals surface area (Å²) < 4.78 is 4.78. The quantitative estimate of drug-likeness (QED) is 0.415. The second-order valence-electron chi connectivity index (χ2n) is 3.65. The van der Waals surface area contributed by atoms with Crippen molar-refractivity contribution < 1.29 is 19.4 Å². The van der Waals surface area contributed by atoms with E-state index in [0.717, 1.165) is 11.3 Å². The number of aromatic nitrogens is 1. The lowest BCUT2D eigenvalue weighted by molar-refractivity contribution is -0.153. The second-order valence-corrected chi connectivity index (χ2v) is 4.54. The molecule has 8 heteroatoms. The molecule has 17 heavy (non-hydrogen) atoms. The van der Waals surface area contributed by atoms with Gasteiger partial charge in [0.25, 0.3) is 11.7 Å². The zero-order valence-corrected chi connectivity index (χ0v) is 10.00. The zero-order chi connectivity index (χ0) is 13.2. The molecule has 0 spiro atoms. The number of carbonyl (C=O) groups excluding carboxylic acids is 1. The van der Waals surface area contributed by atoms with E-state index < -0.39 is 23.3 Å². The number of thiazole rings is 1. The molecule has 0 amide bonds. The molecular weight excluding hydrogens is 246 g/mol. The van der Waals surface area contributed by atoms with Gasteiger partial charge in [0.05, 0.1) is 0 Å². The molecule has 1 aromatic rings. The fourth-order valence-corrected chi connectivity index (χ4v) is 1.40. The molecule has 1 rings (SSSR count). The van der Waals surface area contributed by atoms with E-state index in [0.29, 0.717) is 0 Å². The van der Waals surface area contributed by atoms with Crippen LogP contribution in [0.2, 0.25) is 0 Å². The first-order valence-electron chi connectivity index (χ1n) is 4.50. The van der Waals surface area contributed by atoms with E-state index in [-0.39, 0.29) is 10.8 Å². The van der Waals surface area contributed by atoms with Crippen LogP contribution in [-0.2, 0) is 9.53 Å². The van der Waals surface area contributed by atoms with Crippen LogP contribution in [0.1, 0.15) is 24.3 Å². The SMILES string of the molecule is CC(C)(OC(=N)C(=O)c1csc(N)n1)C(=O)O. The van der Waals surface area contributed by atoms with E-state index in [2.05, 4.69) is 4.98 Å². The summed E-state index contributed by atoms with van der Waals surface area (Å²) in [4.78, 5) is 26.0. The van der Waals surface area contributed by atoms with Crippen LogP contribution in [0.5, 0.6) is 0 Å². The first kappa shape index (κ1) is 13.1. The van der Waals surface area contributed by atoms with Crippen molar-refractivity contribution in [3.8, 4) is 0 Å². The maximum absolute atomic E-state index is 11.6. The van der Waals surface area contributed by atoms with E-state index in [4.69, 9.17) is 21.0 Å². The number of carboxylic acid groups (broad SMARTS) is 1. The van der Waals surface area contributed by atoms with Crippen molar-refractivity contribution in [3.05, 3.63) is 11.1 Å². The Balaban J connectivity index is 2.79. The van der Waals surface area contributed by atoms with Crippen molar-refractivity contribution in [1.82, 2.24) is 4.98 Å². The van der Waals surface area contributed by atoms with Crippen molar-refractivity contribution >= 4 is 34.1 Å². The third-order valence-electron chi connectivity index (χ3n) is 1.83. The zero-order valence-electron chi connectivity index (χ0n) is 9.18. The molecule has 0 unspecified atom stereocenters. The Bertz CT molecular complexity index is 480. The number of anilines is 1. The Labute approximate surface area is 101 Å². The molecule has 0 radical (unpaired) electrons. The third kappa shape index (κ3) is 3.00. The summed E-state index contributed by atoms with van der Waals surface area (Å²) in [6, 6.07) is 0. The predicted octanol–water partition coefficient (Wildman–Crippen LogP) is 0.765. The van der Waals surface area contributed by atoms with Crippen molar-refractivity contribution in [1.29, 1.82) is 5.41 Å². The lowest BCUT2D eigenvalue weighted by Gasteiger charge is -2.20. The largest absolute Gasteiger partial charge is 0.478 e. The van der Waals surface area contributed by atoms with Gasteiger partial charge in [-0.2, -0.15) is 0 Å². The smallest absolute Gasteiger partial charge is 0.347 e. The van der Waals surface area contributed by atoms with Crippen LogP contribution < -0.4 is 5.73 Å². The summed E-state index contributed by atoms with van der Waals surface area (Å²) in [5, 5.41) is 17.7. The lowest BCUT2D eigenvalue weighted by atomic mass is 10.1. The van der Waals surface area contributed by atoms with Crippen LogP contribution in [0.25, 0.3) is 0 Å². The molecule has 0 fully saturated rings. The van der Waals surface area contributed by atoms with Gasteiger partial charge in [0.2, 0.25) is 5.60 Å². The highest BCUT2D eigenvalue weighted by Crippen LogP contribution is 2.15. The van der Waals surface area contributed by atoms with Gasteiger partial charge >= 0.3 is 5.97 Å². The summed E-state index contributed by atoms with van der Waals surface area (Å²) in [5.74, 6) is -2.84. The Hall–Kier alpha value is -1.96. The molecule has 92 valence electrons. The molecule has 0 saturated carbocycles. The molecule has 0 aliphatic heterocycles. The number of ketones is 1. The first-order chi connectivity index (χ1) is 7.74. The van der Waals surface area contributed by atoms with Gasteiger partial charge in [0.1, 0.15) is 5.69 Å². The summed E-state index contributed by atoms with van der Waals surface area (Å²) in [5.41, 5.74) is 3.67. The topological polar surface area (TPSA) is 126 Å². The highest BCUT2D eigenvalue weighted by Gasteiger charge is 2.33. The van der Waals surface area contributed by atoms with Gasteiger partial charge in [-0.15, -0.1) is 11.3 Å². The van der Waals surface area contributed by atoms with Crippen LogP contribution in [0.15, 0.2) is 5.38 Å². The van der Waals surface area contributed by atoms with E-state index in [1.54, 1.807) is 0 Å². The fourth-order valence-electron chi connectivity index (χ4n) is 0.853. The first-order valence-corrected chi connectivity index (χ1v) is 5.38. The Morgan fingerprint density at radius 3 is 2.59 bits per heavy atom. The summed E-state index contributed by atoms with van der Waals surface area (Å²) >= 11 is 1.05. The van der Waals surface area contributed by atoms with Gasteiger partial charge in [-0.1, -0.05) is 0 Å². The number of carbonyl (C=O) groups is 2. The van der Waals surface area contributed by atoms with Crippen LogP contribution in [0.3, 0.4) is 0 Å². The number of aliphatic carboxylic acids is 1. The molecule has 7 nitrogen and oxygen atoms in total. The molecule has 0 saturated heterocycles. The van der Waals surface area contributed by atoms with E-state index in [1.165, 1.54) is 19.2 Å². The summed E-state index contributed by atoms with van der Waals surface area (Å²) in [6.07, 6.45) is 0. The van der Waals surface area contributed by atoms with Crippen LogP contribution in [0.4, 0.5) is 5.13 Å². The third-order valence-corrected chi connectivity index (χ3v) is 2.51. The summed E-state index contributed by atoms with van der Waals surface area (Å²) in [7, 11) is 0. The average Bonchev–Trinajstić information content (AvgIpc) is 2.62. The predicted molar refractivity (Wildman–Crippen MR) is 61.4 cm³/mol. The molecule has 1 aromatic heterocycles. The number of hydrogen-bond acceptors (Lipinski definition) is 7. The minimum atomic E-state index is -1.64. The highest BCUT2D eigenvalue weighted by molar-refractivity contribution is 7.13. The minimum absolute atomic E-state index is 0.0290. The van der Waals surface area contributed by atoms with Crippen molar-refractivity contribution in [2.24, 2.45) is 0 Å². The summed E-state index contributed by atoms with van der Waals surface area (Å²) in [6.45, 7) is 2.49. The molecule has 0 aromatic carbocycles. The molecular formula is C9H11N3O4S. The maximum Gasteiger partial charge on any atom is 0.347 e. The average molecular weight is 257 g/mol. The monoisotopic (exact) mass is 257 g/mol. The number of nitrogens with zero attached hydrogens (tertiary/aromatic N) is 1. The van der Waals surface area contributed by atoms with Gasteiger partial charge in [-0.3, -0.25) is 10.2 Å². The Kier molecular flexibility index (Phi) is 3.47. The number of Topliss-reactive ketones (excluding diaryl/α,β-unsaturated/α-hetero) is 1. The van der Waals surface area contributed by atoms with Crippen LogP contribution in [0, 0.1) is 5.41 Å². The Morgan fingerprint density at radius 2 is 2.18 bits per heavy atom. The maximum atomic E-state index is 11.6. The van der Waals surface area contributed by atoms with E-state index >= 15 is 0 Å². The number of nitrogens with two attached hydrogens (primary N) is 1. The van der Waals surface area contributed by atoms with Crippen molar-refractivity contribution in [2.45, 2.75) is 19.4 Å². The molecule has 0 aliphatic rings. The second kappa shape index (κ2) is 4.50. The van der Waals surface area contributed by atoms with Crippen molar-refractivity contribution in [2.75, 3.05) is 5.73 Å². The van der Waals surface area contributed by atoms with E-state index in [9.17, 15) is 9.59 Å². The van der Waals surface area contributed by atoms with Crippen LogP contribution >= 0.6 is 11.3 Å². The number of hydrogen-bond donors (Lipinski definition) is 3. The molecule has 1 heterocycles. The molecule has 4 N–H and O–H groups in total. The number of ether oxygens (including phenoxy) is 1. The van der Waals surface area contributed by atoms with Gasteiger partial charge in [-0.25, -0.2) is 9.78 Å². The molecule has 0 atom stereocenters. The van der Waals surface area contributed by atoms with Crippen molar-refractivity contribution in [3.63, 3.8) is 0 Å². The fraction of sp³-hybridized carbons (Fsp3) is 0.333. The van der Waals surface area contributed by atoms with Gasteiger partial charge in [0.15, 0.2) is 5.13 Å². The number of nitrogen functional groups attached to an aromatic ring is 1. The van der Waals surface area contributed by atoms with Gasteiger partial charge in [0, 0.05) is 5.38 Å². The standard InChI is InChI=1S/C9H11N3O4S/c1-9(2,7(14)15)16-6(10)5(13)4-3-17-8(11)12-4/h3,10H,1-2H3,(H2,11,12)(H,14,15). The molecule has 0 bridgehead atoms. The number of rotatable bonds is 4. The Morgan fingerprint density at radius 1 is 1.59 bits per heavy atom. The van der Waals surface area contributed by atoms with Gasteiger partial charge < -0.3 is 15.6 Å². The normalized spacial score (nSPS) is 10.9. The number of nitrogens with one attached hydrogen (secondary N) is 1. The van der Waals surface area contributed by atoms with Gasteiger partial charge in [-0.05, 0) is 13.8 Å². The van der Waals surface area contributed by atoms with Crippen LogP contribution in [-0.4, -0.2) is 33.3 Å². The number of carboxylic acids is 1. The highest BCUT2D eigenvalue weighted by atomic mass is 32.1. The lowest BCUT2D eigenvalue weighted by Crippen LogP contribution is -2.39. The minimum Gasteiger partial charge on any atom is -0.478 e. The molecule has 0 aliphatic carbocycles.